The van der Waals surface area contributed by atoms with Crippen LogP contribution in [0.1, 0.15) is 24.2 Å². The summed E-state index contributed by atoms with van der Waals surface area (Å²) in [6, 6.07) is 4.48. The zero-order valence-corrected chi connectivity index (χ0v) is 14.6. The largest absolute Gasteiger partial charge is 0.486 e. The lowest BCUT2D eigenvalue weighted by molar-refractivity contribution is -0.126. The van der Waals surface area contributed by atoms with Gasteiger partial charge in [-0.1, -0.05) is 13.8 Å². The Morgan fingerprint density at radius 2 is 1.92 bits per heavy atom. The fraction of sp³-hybridized carbons (Fsp3) is 0.611. The molecule has 2 N–H and O–H groups in total. The second-order valence-electron chi connectivity index (χ2n) is 6.87. The van der Waals surface area contributed by atoms with Crippen LogP contribution in [0, 0.1) is 5.92 Å². The number of ether oxygens (including phenoxy) is 3. The number of carbonyl (C=O) groups excluding carboxylic acids is 1. The number of carbonyl (C=O) groups is 1. The quantitative estimate of drug-likeness (QED) is 0.829. The van der Waals surface area contributed by atoms with Crippen LogP contribution < -0.4 is 9.47 Å². The molecule has 1 aromatic carbocycles. The van der Waals surface area contributed by atoms with Crippen molar-refractivity contribution in [2.45, 2.75) is 32.1 Å². The van der Waals surface area contributed by atoms with Gasteiger partial charge >= 0.3 is 0 Å². The molecule has 0 radical (unpaired) electrons. The molecule has 138 valence electrons. The van der Waals surface area contributed by atoms with Crippen LogP contribution in [-0.4, -0.2) is 72.2 Å². The van der Waals surface area contributed by atoms with Gasteiger partial charge in [-0.25, -0.2) is 0 Å². The third-order valence-corrected chi connectivity index (χ3v) is 4.38. The van der Waals surface area contributed by atoms with Crippen molar-refractivity contribution < 1.29 is 29.2 Å². The molecule has 0 saturated carbocycles. The van der Waals surface area contributed by atoms with Gasteiger partial charge in [0.05, 0.1) is 19.3 Å². The van der Waals surface area contributed by atoms with Gasteiger partial charge in [0.1, 0.15) is 25.4 Å². The van der Waals surface area contributed by atoms with Gasteiger partial charge in [-0.05, 0) is 24.1 Å². The number of hydrogen-bond acceptors (Lipinski definition) is 6. The number of benzene rings is 1. The molecule has 3 rings (SSSR count). The molecular formula is C18H25NO6. The van der Waals surface area contributed by atoms with Gasteiger partial charge < -0.3 is 29.3 Å². The number of rotatable bonds is 4. The highest BCUT2D eigenvalue weighted by Gasteiger charge is 2.38. The maximum absolute atomic E-state index is 13.1. The molecule has 0 aromatic heterocycles. The Balaban J connectivity index is 1.86. The molecule has 0 unspecified atom stereocenters. The molecule has 3 atom stereocenters. The highest BCUT2D eigenvalue weighted by Crippen LogP contribution is 2.31. The summed E-state index contributed by atoms with van der Waals surface area (Å²) in [5.41, 5.74) is 0.456. The van der Waals surface area contributed by atoms with Gasteiger partial charge in [0, 0.05) is 12.1 Å². The van der Waals surface area contributed by atoms with Crippen LogP contribution in [0.2, 0.25) is 0 Å². The molecule has 7 nitrogen and oxygen atoms in total. The van der Waals surface area contributed by atoms with Crippen molar-refractivity contribution >= 4 is 5.91 Å². The summed E-state index contributed by atoms with van der Waals surface area (Å²) in [6.45, 7) is 5.65. The van der Waals surface area contributed by atoms with E-state index in [0.717, 1.165) is 0 Å². The zero-order valence-electron chi connectivity index (χ0n) is 14.6. The van der Waals surface area contributed by atoms with Crippen molar-refractivity contribution in [1.29, 1.82) is 0 Å². The number of hydrogen-bond donors (Lipinski definition) is 2. The maximum atomic E-state index is 13.1. The highest BCUT2D eigenvalue weighted by atomic mass is 16.6. The van der Waals surface area contributed by atoms with Gasteiger partial charge in [0.2, 0.25) is 0 Å². The molecule has 1 aromatic rings. The molecule has 2 heterocycles. The van der Waals surface area contributed by atoms with E-state index < -0.39 is 18.2 Å². The Morgan fingerprint density at radius 1 is 1.20 bits per heavy atom. The van der Waals surface area contributed by atoms with Crippen molar-refractivity contribution in [2.24, 2.45) is 5.92 Å². The Kier molecular flexibility index (Phi) is 5.46. The lowest BCUT2D eigenvalue weighted by Crippen LogP contribution is -2.58. The van der Waals surface area contributed by atoms with Gasteiger partial charge in [-0.2, -0.15) is 0 Å². The summed E-state index contributed by atoms with van der Waals surface area (Å²) >= 11 is 0. The fourth-order valence-corrected chi connectivity index (χ4v) is 3.14. The minimum atomic E-state index is -1.03. The Morgan fingerprint density at radius 3 is 2.64 bits per heavy atom. The minimum Gasteiger partial charge on any atom is -0.486 e. The molecule has 2 aliphatic heterocycles. The van der Waals surface area contributed by atoms with Gasteiger partial charge in [0.15, 0.2) is 11.5 Å². The molecule has 0 spiro atoms. The van der Waals surface area contributed by atoms with E-state index in [0.29, 0.717) is 36.8 Å². The topological polar surface area (TPSA) is 88.5 Å². The van der Waals surface area contributed by atoms with Crippen LogP contribution in [-0.2, 0) is 4.74 Å². The summed E-state index contributed by atoms with van der Waals surface area (Å²) < 4.78 is 16.4. The lowest BCUT2D eigenvalue weighted by atomic mass is 9.99. The second-order valence-corrected chi connectivity index (χ2v) is 6.87. The SMILES string of the molecule is CC(C)CN(C(=O)c1ccc2c(c1)OCCO2)[C@@H]1COC[C@@H](O)[C@H]1O. The molecular weight excluding hydrogens is 326 g/mol. The van der Waals surface area contributed by atoms with Gasteiger partial charge in [0.25, 0.3) is 5.91 Å². The van der Waals surface area contributed by atoms with Crippen LogP contribution in [0.4, 0.5) is 0 Å². The first-order valence-corrected chi connectivity index (χ1v) is 8.62. The maximum Gasteiger partial charge on any atom is 0.254 e. The van der Waals surface area contributed by atoms with Crippen LogP contribution >= 0.6 is 0 Å². The molecule has 0 aliphatic carbocycles. The van der Waals surface area contributed by atoms with Gasteiger partial charge in [-0.15, -0.1) is 0 Å². The molecule has 1 saturated heterocycles. The van der Waals surface area contributed by atoms with E-state index in [2.05, 4.69) is 0 Å². The normalized spacial score (nSPS) is 25.7. The van der Waals surface area contributed by atoms with E-state index >= 15 is 0 Å². The third kappa shape index (κ3) is 3.89. The first kappa shape index (κ1) is 18.0. The van der Waals surface area contributed by atoms with E-state index in [1.54, 1.807) is 23.1 Å². The minimum absolute atomic E-state index is 0.0748. The van der Waals surface area contributed by atoms with Crippen molar-refractivity contribution in [3.63, 3.8) is 0 Å². The summed E-state index contributed by atoms with van der Waals surface area (Å²) in [5, 5.41) is 20.2. The van der Waals surface area contributed by atoms with E-state index in [1.807, 2.05) is 13.8 Å². The summed E-state index contributed by atoms with van der Waals surface area (Å²) in [6.07, 6.45) is -2.03. The van der Waals surface area contributed by atoms with Crippen LogP contribution in [0.25, 0.3) is 0 Å². The smallest absolute Gasteiger partial charge is 0.254 e. The molecule has 25 heavy (non-hydrogen) atoms. The fourth-order valence-electron chi connectivity index (χ4n) is 3.14. The van der Waals surface area contributed by atoms with Crippen LogP contribution in [0.5, 0.6) is 11.5 Å². The predicted molar refractivity (Wildman–Crippen MR) is 89.9 cm³/mol. The molecule has 0 bridgehead atoms. The summed E-state index contributed by atoms with van der Waals surface area (Å²) in [5.74, 6) is 1.14. The lowest BCUT2D eigenvalue weighted by Gasteiger charge is -2.40. The Labute approximate surface area is 147 Å². The van der Waals surface area contributed by atoms with E-state index in [4.69, 9.17) is 14.2 Å². The van der Waals surface area contributed by atoms with Crippen LogP contribution in [0.15, 0.2) is 18.2 Å². The number of aliphatic hydroxyl groups is 2. The second kappa shape index (κ2) is 7.59. The first-order valence-electron chi connectivity index (χ1n) is 8.62. The van der Waals surface area contributed by atoms with Gasteiger partial charge in [-0.3, -0.25) is 4.79 Å². The van der Waals surface area contributed by atoms with E-state index in [1.165, 1.54) is 0 Å². The van der Waals surface area contributed by atoms with Crippen molar-refractivity contribution in [3.8, 4) is 11.5 Å². The number of aliphatic hydroxyl groups excluding tert-OH is 2. The number of amides is 1. The summed E-state index contributed by atoms with van der Waals surface area (Å²) in [4.78, 5) is 14.7. The first-order chi connectivity index (χ1) is 12.0. The standard InChI is InChI=1S/C18H25NO6/c1-11(2)8-19(13-9-23-10-14(20)17(13)21)18(22)12-3-4-15-16(7-12)25-6-5-24-15/h3-4,7,11,13-14,17,20-21H,5-6,8-10H2,1-2H3/t13-,14-,17+/m1/s1. The average molecular weight is 351 g/mol. The zero-order chi connectivity index (χ0) is 18.0. The molecule has 2 aliphatic rings. The average Bonchev–Trinajstić information content (AvgIpc) is 2.61. The highest BCUT2D eigenvalue weighted by molar-refractivity contribution is 5.95. The molecule has 7 heteroatoms. The van der Waals surface area contributed by atoms with E-state index in [9.17, 15) is 15.0 Å². The van der Waals surface area contributed by atoms with Crippen molar-refractivity contribution in [2.75, 3.05) is 33.0 Å². The van der Waals surface area contributed by atoms with Crippen molar-refractivity contribution in [3.05, 3.63) is 23.8 Å². The number of fused-ring (bicyclic) bond motifs is 1. The van der Waals surface area contributed by atoms with E-state index in [-0.39, 0.29) is 25.0 Å². The summed E-state index contributed by atoms with van der Waals surface area (Å²) in [7, 11) is 0. The Hall–Kier alpha value is -1.83. The molecule has 1 amide bonds. The van der Waals surface area contributed by atoms with Crippen LogP contribution in [0.3, 0.4) is 0 Å². The van der Waals surface area contributed by atoms with Crippen molar-refractivity contribution in [1.82, 2.24) is 4.90 Å². The predicted octanol–water partition coefficient (Wildman–Crippen LogP) is 0.677. The number of nitrogens with zero attached hydrogens (tertiary/aromatic N) is 1. The molecule has 1 fully saturated rings. The third-order valence-electron chi connectivity index (χ3n) is 4.38. The monoisotopic (exact) mass is 351 g/mol. The Bertz CT molecular complexity index is 620.